The van der Waals surface area contributed by atoms with Crippen molar-refractivity contribution in [2.24, 2.45) is 0 Å². The van der Waals surface area contributed by atoms with Gasteiger partial charge in [-0.15, -0.1) is 0 Å². The maximum atomic E-state index is 11.2. The van der Waals surface area contributed by atoms with Crippen molar-refractivity contribution in [1.82, 2.24) is 15.5 Å². The summed E-state index contributed by atoms with van der Waals surface area (Å²) in [7, 11) is 3.09. The third kappa shape index (κ3) is 2.25. The van der Waals surface area contributed by atoms with Crippen LogP contribution < -0.4 is 10.1 Å². The van der Waals surface area contributed by atoms with Gasteiger partial charge in [0.2, 0.25) is 0 Å². The van der Waals surface area contributed by atoms with E-state index in [-0.39, 0.29) is 11.7 Å². The van der Waals surface area contributed by atoms with Crippen LogP contribution in [0.15, 0.2) is 28.8 Å². The number of methoxy groups -OCH3 is 1. The summed E-state index contributed by atoms with van der Waals surface area (Å²) in [5.41, 5.74) is 0.730. The number of aromatic nitrogens is 2. The molecule has 0 atom stereocenters. The van der Waals surface area contributed by atoms with Gasteiger partial charge in [0.05, 0.1) is 7.11 Å². The van der Waals surface area contributed by atoms with Crippen molar-refractivity contribution in [2.45, 2.75) is 0 Å². The van der Waals surface area contributed by atoms with Crippen LogP contribution in [-0.4, -0.2) is 30.2 Å². The largest absolute Gasteiger partial charge is 0.497 e. The molecule has 1 heterocycles. The number of nitrogens with zero attached hydrogens (tertiary/aromatic N) is 2. The molecule has 0 unspecified atom stereocenters. The minimum Gasteiger partial charge on any atom is -0.497 e. The fourth-order valence-electron chi connectivity index (χ4n) is 1.28. The lowest BCUT2D eigenvalue weighted by Gasteiger charge is -1.98. The van der Waals surface area contributed by atoms with Gasteiger partial charge in [0.25, 0.3) is 17.6 Å². The number of carbonyl (C=O) groups is 1. The van der Waals surface area contributed by atoms with Crippen LogP contribution in [0, 0.1) is 0 Å². The number of benzene rings is 1. The molecule has 0 aliphatic rings. The molecule has 0 aliphatic heterocycles. The average molecular weight is 233 g/mol. The highest BCUT2D eigenvalue weighted by Crippen LogP contribution is 2.20. The Morgan fingerprint density at radius 3 is 2.65 bits per heavy atom. The molecule has 6 heteroatoms. The van der Waals surface area contributed by atoms with Crippen LogP contribution in [0.2, 0.25) is 0 Å². The van der Waals surface area contributed by atoms with E-state index in [1.807, 2.05) is 0 Å². The SMILES string of the molecule is CNC(=O)c1noc(-c2ccc(OC)cc2)n1. The second kappa shape index (κ2) is 4.65. The number of rotatable bonds is 3. The van der Waals surface area contributed by atoms with Gasteiger partial charge in [-0.25, -0.2) is 0 Å². The molecule has 0 aliphatic carbocycles. The smallest absolute Gasteiger partial charge is 0.292 e. The normalized spacial score (nSPS) is 10.0. The van der Waals surface area contributed by atoms with Crippen LogP contribution in [0.1, 0.15) is 10.6 Å². The second-order valence-electron chi connectivity index (χ2n) is 3.23. The van der Waals surface area contributed by atoms with E-state index < -0.39 is 0 Å². The fraction of sp³-hybridized carbons (Fsp3) is 0.182. The van der Waals surface area contributed by atoms with E-state index in [9.17, 15) is 4.79 Å². The average Bonchev–Trinajstić information content (AvgIpc) is 2.87. The van der Waals surface area contributed by atoms with Crippen molar-refractivity contribution in [3.05, 3.63) is 30.1 Å². The summed E-state index contributed by atoms with van der Waals surface area (Å²) in [5.74, 6) is 0.665. The van der Waals surface area contributed by atoms with E-state index in [1.54, 1.807) is 31.4 Å². The Balaban J connectivity index is 2.27. The first kappa shape index (κ1) is 11.1. The molecule has 0 fully saturated rings. The Morgan fingerprint density at radius 1 is 1.35 bits per heavy atom. The van der Waals surface area contributed by atoms with Gasteiger partial charge in [0, 0.05) is 12.6 Å². The summed E-state index contributed by atoms with van der Waals surface area (Å²) < 4.78 is 10.0. The number of ether oxygens (including phenoxy) is 1. The lowest BCUT2D eigenvalue weighted by Crippen LogP contribution is -2.19. The highest BCUT2D eigenvalue weighted by molar-refractivity contribution is 5.90. The molecule has 6 nitrogen and oxygen atoms in total. The maximum Gasteiger partial charge on any atom is 0.292 e. The molecule has 0 spiro atoms. The predicted octanol–water partition coefficient (Wildman–Crippen LogP) is 1.10. The van der Waals surface area contributed by atoms with E-state index in [2.05, 4.69) is 15.5 Å². The summed E-state index contributed by atoms with van der Waals surface area (Å²) in [5, 5.41) is 6.00. The van der Waals surface area contributed by atoms with E-state index in [1.165, 1.54) is 7.05 Å². The zero-order valence-corrected chi connectivity index (χ0v) is 9.43. The van der Waals surface area contributed by atoms with Crippen LogP contribution in [0.3, 0.4) is 0 Å². The Bertz CT molecular complexity index is 519. The Hall–Kier alpha value is -2.37. The third-order valence-electron chi connectivity index (χ3n) is 2.19. The molecule has 2 rings (SSSR count). The first-order chi connectivity index (χ1) is 8.24. The summed E-state index contributed by atoms with van der Waals surface area (Å²) in [6.07, 6.45) is 0. The van der Waals surface area contributed by atoms with Gasteiger partial charge in [-0.1, -0.05) is 5.16 Å². The maximum absolute atomic E-state index is 11.2. The number of nitrogens with one attached hydrogen (secondary N) is 1. The van der Waals surface area contributed by atoms with Crippen LogP contribution in [0.4, 0.5) is 0 Å². The number of carbonyl (C=O) groups excluding carboxylic acids is 1. The quantitative estimate of drug-likeness (QED) is 0.859. The minimum absolute atomic E-state index is 0.0123. The molecule has 0 saturated heterocycles. The minimum atomic E-state index is -0.381. The molecule has 1 amide bonds. The van der Waals surface area contributed by atoms with E-state index in [0.29, 0.717) is 5.89 Å². The third-order valence-corrected chi connectivity index (χ3v) is 2.19. The van der Waals surface area contributed by atoms with E-state index >= 15 is 0 Å². The van der Waals surface area contributed by atoms with Crippen molar-refractivity contribution in [3.8, 4) is 17.2 Å². The topological polar surface area (TPSA) is 77.2 Å². The first-order valence-corrected chi connectivity index (χ1v) is 4.95. The Kier molecular flexibility index (Phi) is 3.04. The summed E-state index contributed by atoms with van der Waals surface area (Å²) in [6.45, 7) is 0. The standard InChI is InChI=1S/C11H11N3O3/c1-12-10(15)9-13-11(17-14-9)7-3-5-8(16-2)6-4-7/h3-6H,1-2H3,(H,12,15). The monoisotopic (exact) mass is 233 g/mol. The summed E-state index contributed by atoms with van der Waals surface area (Å²) in [6, 6.07) is 7.11. The van der Waals surface area contributed by atoms with E-state index in [0.717, 1.165) is 11.3 Å². The lowest BCUT2D eigenvalue weighted by molar-refractivity contribution is 0.0950. The highest BCUT2D eigenvalue weighted by atomic mass is 16.5. The summed E-state index contributed by atoms with van der Waals surface area (Å²) >= 11 is 0. The molecule has 2 aromatic rings. The van der Waals surface area contributed by atoms with Crippen LogP contribution in [0.5, 0.6) is 5.75 Å². The van der Waals surface area contributed by atoms with Gasteiger partial charge in [-0.05, 0) is 24.3 Å². The molecular formula is C11H11N3O3. The first-order valence-electron chi connectivity index (χ1n) is 4.95. The predicted molar refractivity (Wildman–Crippen MR) is 59.7 cm³/mol. The van der Waals surface area contributed by atoms with Crippen LogP contribution in [0.25, 0.3) is 11.5 Å². The van der Waals surface area contributed by atoms with Gasteiger partial charge < -0.3 is 14.6 Å². The van der Waals surface area contributed by atoms with E-state index in [4.69, 9.17) is 9.26 Å². The summed E-state index contributed by atoms with van der Waals surface area (Å²) in [4.78, 5) is 15.2. The van der Waals surface area contributed by atoms with Crippen molar-refractivity contribution < 1.29 is 14.1 Å². The lowest BCUT2D eigenvalue weighted by atomic mass is 10.2. The zero-order chi connectivity index (χ0) is 12.3. The fourth-order valence-corrected chi connectivity index (χ4v) is 1.28. The van der Waals surface area contributed by atoms with Crippen molar-refractivity contribution in [2.75, 3.05) is 14.2 Å². The van der Waals surface area contributed by atoms with Gasteiger partial charge in [-0.3, -0.25) is 4.79 Å². The highest BCUT2D eigenvalue weighted by Gasteiger charge is 2.13. The molecular weight excluding hydrogens is 222 g/mol. The molecule has 1 aromatic heterocycles. The number of hydrogen-bond donors (Lipinski definition) is 1. The van der Waals surface area contributed by atoms with Gasteiger partial charge in [-0.2, -0.15) is 4.98 Å². The molecule has 88 valence electrons. The van der Waals surface area contributed by atoms with Crippen molar-refractivity contribution in [3.63, 3.8) is 0 Å². The Labute approximate surface area is 97.6 Å². The van der Waals surface area contributed by atoms with Crippen molar-refractivity contribution in [1.29, 1.82) is 0 Å². The van der Waals surface area contributed by atoms with Gasteiger partial charge in [0.1, 0.15) is 5.75 Å². The molecule has 1 N–H and O–H groups in total. The molecule has 0 bridgehead atoms. The van der Waals surface area contributed by atoms with Crippen LogP contribution >= 0.6 is 0 Å². The molecule has 0 radical (unpaired) electrons. The van der Waals surface area contributed by atoms with Gasteiger partial charge >= 0.3 is 0 Å². The molecule has 17 heavy (non-hydrogen) atoms. The van der Waals surface area contributed by atoms with Gasteiger partial charge in [0.15, 0.2) is 0 Å². The molecule has 0 saturated carbocycles. The second-order valence-corrected chi connectivity index (χ2v) is 3.23. The Morgan fingerprint density at radius 2 is 2.06 bits per heavy atom. The zero-order valence-electron chi connectivity index (χ0n) is 9.43. The van der Waals surface area contributed by atoms with Crippen LogP contribution in [-0.2, 0) is 0 Å². The number of hydrogen-bond acceptors (Lipinski definition) is 5. The van der Waals surface area contributed by atoms with Crippen molar-refractivity contribution >= 4 is 5.91 Å². The number of amides is 1. The molecule has 1 aromatic carbocycles.